The summed E-state index contributed by atoms with van der Waals surface area (Å²) in [5.41, 5.74) is 0. The molecule has 0 aromatic heterocycles. The molecule has 0 N–H and O–H groups in total. The van der Waals surface area contributed by atoms with E-state index in [-0.39, 0.29) is 16.8 Å². The zero-order valence-electron chi connectivity index (χ0n) is 2.64. The Kier molecular flexibility index (Phi) is 13.7. The number of thioether (sulfide) groups is 1. The Hall–Kier alpha value is -0.164. The first-order valence-corrected chi connectivity index (χ1v) is 1.67. The van der Waals surface area contributed by atoms with Crippen LogP contribution in [0.3, 0.4) is 0 Å². The van der Waals surface area contributed by atoms with Gasteiger partial charge in [0.25, 0.3) is 0 Å². The maximum absolute atomic E-state index is 7.56. The van der Waals surface area contributed by atoms with Crippen molar-refractivity contribution in [3.05, 3.63) is 0 Å². The molecule has 0 spiro atoms. The van der Waals surface area contributed by atoms with E-state index >= 15 is 0 Å². The van der Waals surface area contributed by atoms with Crippen LogP contribution >= 0.6 is 11.8 Å². The second kappa shape index (κ2) is 8.85. The van der Waals surface area contributed by atoms with Crippen LogP contribution in [0.2, 0.25) is 0 Å². The van der Waals surface area contributed by atoms with Gasteiger partial charge in [0.05, 0.1) is 11.8 Å². The van der Waals surface area contributed by atoms with Crippen molar-refractivity contribution >= 4 is 11.8 Å². The average Bonchev–Trinajstić information content (AvgIpc) is 1.41. The first kappa shape index (κ1) is 9.28. The molecule has 2 nitrogen and oxygen atoms in total. The van der Waals surface area contributed by atoms with Gasteiger partial charge in [-0.3, -0.25) is 0 Å². The zero-order valence-corrected chi connectivity index (χ0v) is 4.49. The molecule has 0 bridgehead atoms. The molecule has 0 amide bonds. The van der Waals surface area contributed by atoms with Crippen LogP contribution in [0.5, 0.6) is 0 Å². The molecule has 0 saturated heterocycles. The topological polar surface area (TPSA) is 47.6 Å². The van der Waals surface area contributed by atoms with Gasteiger partial charge in [-0.05, 0) is 0 Å². The van der Waals surface area contributed by atoms with Gasteiger partial charge in [0.15, 0.2) is 0 Å². The Bertz CT molecular complexity index is 76.7. The van der Waals surface area contributed by atoms with Gasteiger partial charge in [-0.2, -0.15) is 10.5 Å². The molecule has 6 heavy (non-hydrogen) atoms. The normalized spacial score (nSPS) is 3.67. The van der Waals surface area contributed by atoms with E-state index < -0.39 is 0 Å². The number of nitrogens with zero attached hydrogens (tertiary/aromatic N) is 2. The number of thiocyanates is 2. The van der Waals surface area contributed by atoms with E-state index in [1.54, 1.807) is 10.8 Å². The standard InChI is InChI=1S/C2N2S.Co/c3-1-5-2-4;/q;+2. The van der Waals surface area contributed by atoms with Gasteiger partial charge in [0.2, 0.25) is 0 Å². The Morgan fingerprint density at radius 1 is 1.17 bits per heavy atom. The summed E-state index contributed by atoms with van der Waals surface area (Å²) in [5.74, 6) is 0. The predicted octanol–water partition coefficient (Wildman–Crippen LogP) is 0.679. The first-order valence-electron chi connectivity index (χ1n) is 0.855. The Labute approximate surface area is 50.3 Å². The van der Waals surface area contributed by atoms with Crippen LogP contribution in [0.15, 0.2) is 0 Å². The molecule has 0 aromatic carbocycles. The maximum atomic E-state index is 7.56. The van der Waals surface area contributed by atoms with Gasteiger partial charge in [-0.1, -0.05) is 0 Å². The fourth-order valence-electron chi connectivity index (χ4n) is 0.0204. The maximum Gasteiger partial charge on any atom is 2.00 e. The van der Waals surface area contributed by atoms with Gasteiger partial charge in [0.1, 0.15) is 10.8 Å². The summed E-state index contributed by atoms with van der Waals surface area (Å²) in [7, 11) is 0. The van der Waals surface area contributed by atoms with E-state index in [1.165, 1.54) is 0 Å². The minimum atomic E-state index is 0. The molecule has 0 aromatic rings. The van der Waals surface area contributed by atoms with Crippen LogP contribution in [-0.2, 0) is 16.8 Å². The van der Waals surface area contributed by atoms with Gasteiger partial charge >= 0.3 is 16.8 Å². The minimum Gasteiger partial charge on any atom is -0.184 e. The smallest absolute Gasteiger partial charge is 0.184 e. The molecule has 0 fully saturated rings. The molecular formula is C2CoN2S+2. The molecule has 0 heterocycles. The molecule has 1 radical (unpaired) electrons. The molecule has 0 unspecified atom stereocenters. The summed E-state index contributed by atoms with van der Waals surface area (Å²) < 4.78 is 0. The summed E-state index contributed by atoms with van der Waals surface area (Å²) in [6, 6.07) is 0. The SMILES string of the molecule is N#CSC#N.[Co+2]. The third-order valence-electron chi connectivity index (χ3n) is 0.0913. The van der Waals surface area contributed by atoms with E-state index in [9.17, 15) is 0 Å². The predicted molar refractivity (Wildman–Crippen MR) is 18.8 cm³/mol. The Morgan fingerprint density at radius 3 is 1.50 bits per heavy atom. The van der Waals surface area contributed by atoms with Crippen molar-refractivity contribution in [3.63, 3.8) is 0 Å². The number of rotatable bonds is 0. The molecular weight excluding hydrogens is 143 g/mol. The monoisotopic (exact) mass is 143 g/mol. The Balaban J connectivity index is 0. The van der Waals surface area contributed by atoms with Crippen molar-refractivity contribution in [2.24, 2.45) is 0 Å². The Morgan fingerprint density at radius 2 is 1.50 bits per heavy atom. The first-order chi connectivity index (χ1) is 2.41. The number of hydrogen-bond donors (Lipinski definition) is 0. The van der Waals surface area contributed by atoms with Crippen LogP contribution in [0.4, 0.5) is 0 Å². The second-order valence-electron chi connectivity index (χ2n) is 0.285. The molecule has 0 saturated carbocycles. The molecule has 0 rings (SSSR count). The molecule has 0 aliphatic carbocycles. The third kappa shape index (κ3) is 9.15. The third-order valence-corrected chi connectivity index (χ3v) is 0.274. The average molecular weight is 143 g/mol. The van der Waals surface area contributed by atoms with Crippen LogP contribution in [0.25, 0.3) is 0 Å². The number of hydrogen-bond acceptors (Lipinski definition) is 3. The van der Waals surface area contributed by atoms with Crippen molar-refractivity contribution in [2.45, 2.75) is 0 Å². The van der Waals surface area contributed by atoms with Crippen LogP contribution < -0.4 is 0 Å². The number of nitriles is 2. The fourth-order valence-corrected chi connectivity index (χ4v) is 0.0612. The summed E-state index contributed by atoms with van der Waals surface area (Å²) in [6.45, 7) is 0. The van der Waals surface area contributed by atoms with E-state index in [2.05, 4.69) is 0 Å². The van der Waals surface area contributed by atoms with E-state index in [0.717, 1.165) is 0 Å². The molecule has 31 valence electrons. The molecule has 4 heteroatoms. The second-order valence-corrected chi connectivity index (χ2v) is 0.854. The van der Waals surface area contributed by atoms with Crippen molar-refractivity contribution in [1.29, 1.82) is 10.5 Å². The van der Waals surface area contributed by atoms with Gasteiger partial charge in [0, 0.05) is 0 Å². The van der Waals surface area contributed by atoms with Crippen LogP contribution in [0.1, 0.15) is 0 Å². The zero-order chi connectivity index (χ0) is 4.12. The summed E-state index contributed by atoms with van der Waals surface area (Å²) in [6.07, 6.45) is 0. The summed E-state index contributed by atoms with van der Waals surface area (Å²) in [4.78, 5) is 0. The van der Waals surface area contributed by atoms with Crippen molar-refractivity contribution < 1.29 is 16.8 Å². The van der Waals surface area contributed by atoms with Crippen LogP contribution in [0, 0.1) is 21.3 Å². The van der Waals surface area contributed by atoms with Crippen molar-refractivity contribution in [2.75, 3.05) is 0 Å². The largest absolute Gasteiger partial charge is 2.00 e. The van der Waals surface area contributed by atoms with Gasteiger partial charge in [-0.15, -0.1) is 0 Å². The summed E-state index contributed by atoms with van der Waals surface area (Å²) in [5, 5.41) is 18.3. The quantitative estimate of drug-likeness (QED) is 0.468. The van der Waals surface area contributed by atoms with Crippen molar-refractivity contribution in [3.8, 4) is 10.8 Å². The summed E-state index contributed by atoms with van der Waals surface area (Å²) >= 11 is 0.574. The van der Waals surface area contributed by atoms with Gasteiger partial charge < -0.3 is 0 Å². The minimum absolute atomic E-state index is 0. The van der Waals surface area contributed by atoms with E-state index in [1.807, 2.05) is 0 Å². The molecule has 0 aliphatic rings. The van der Waals surface area contributed by atoms with Crippen LogP contribution in [-0.4, -0.2) is 0 Å². The van der Waals surface area contributed by atoms with E-state index in [0.29, 0.717) is 11.8 Å². The van der Waals surface area contributed by atoms with E-state index in [4.69, 9.17) is 10.5 Å². The molecule has 0 atom stereocenters. The fraction of sp³-hybridized carbons (Fsp3) is 0. The molecule has 0 aliphatic heterocycles. The van der Waals surface area contributed by atoms with Gasteiger partial charge in [-0.25, -0.2) is 0 Å². The van der Waals surface area contributed by atoms with Crippen molar-refractivity contribution in [1.82, 2.24) is 0 Å².